The number of nitrogen functional groups attached to an aromatic ring is 1. The van der Waals surface area contributed by atoms with Crippen LogP contribution in [0.15, 0.2) is 35.0 Å². The molecule has 2 aromatic rings. The molecule has 1 aromatic heterocycles. The van der Waals surface area contributed by atoms with E-state index in [-0.39, 0.29) is 5.78 Å². The van der Waals surface area contributed by atoms with Crippen LogP contribution in [-0.4, -0.2) is 12.3 Å². The molecule has 0 saturated carbocycles. The SMILES string of the molecule is CC(=O)c1cc(NCCc2ccsc2)ccc1N. The highest BCUT2D eigenvalue weighted by Gasteiger charge is 2.05. The molecule has 1 aromatic carbocycles. The molecule has 3 nitrogen and oxygen atoms in total. The molecule has 0 aliphatic heterocycles. The van der Waals surface area contributed by atoms with Crippen molar-refractivity contribution in [2.24, 2.45) is 0 Å². The quantitative estimate of drug-likeness (QED) is 0.641. The molecule has 0 radical (unpaired) electrons. The van der Waals surface area contributed by atoms with Crippen molar-refractivity contribution in [1.29, 1.82) is 0 Å². The Hall–Kier alpha value is -1.81. The summed E-state index contributed by atoms with van der Waals surface area (Å²) in [6, 6.07) is 7.60. The van der Waals surface area contributed by atoms with Crippen molar-refractivity contribution < 1.29 is 4.79 Å². The molecule has 0 saturated heterocycles. The Morgan fingerprint density at radius 1 is 1.39 bits per heavy atom. The number of carbonyl (C=O) groups is 1. The first-order chi connectivity index (χ1) is 8.66. The van der Waals surface area contributed by atoms with Crippen molar-refractivity contribution in [2.75, 3.05) is 17.6 Å². The predicted octanol–water partition coefficient (Wildman–Crippen LogP) is 3.19. The standard InChI is InChI=1S/C14H16N2OS/c1-10(17)13-8-12(2-3-14(13)15)16-6-4-11-5-7-18-9-11/h2-3,5,7-9,16H,4,6,15H2,1H3. The predicted molar refractivity (Wildman–Crippen MR) is 77.4 cm³/mol. The number of benzene rings is 1. The van der Waals surface area contributed by atoms with Crippen LogP contribution in [0, 0.1) is 0 Å². The average Bonchev–Trinajstić information content (AvgIpc) is 2.84. The molecule has 0 bridgehead atoms. The molecule has 1 heterocycles. The number of ketones is 1. The Balaban J connectivity index is 1.97. The number of hydrogen-bond acceptors (Lipinski definition) is 4. The maximum atomic E-state index is 11.4. The maximum absolute atomic E-state index is 11.4. The third-order valence-electron chi connectivity index (χ3n) is 2.76. The fraction of sp³-hybridized carbons (Fsp3) is 0.214. The van der Waals surface area contributed by atoms with Gasteiger partial charge in [-0.1, -0.05) is 0 Å². The maximum Gasteiger partial charge on any atom is 0.161 e. The van der Waals surface area contributed by atoms with Gasteiger partial charge in [0, 0.05) is 23.5 Å². The summed E-state index contributed by atoms with van der Waals surface area (Å²) in [6.07, 6.45) is 0.975. The highest BCUT2D eigenvalue weighted by Crippen LogP contribution is 2.18. The number of nitrogens with two attached hydrogens (primary N) is 1. The van der Waals surface area contributed by atoms with Gasteiger partial charge in [0.15, 0.2) is 5.78 Å². The van der Waals surface area contributed by atoms with Gasteiger partial charge in [0.25, 0.3) is 0 Å². The summed E-state index contributed by atoms with van der Waals surface area (Å²) >= 11 is 1.71. The molecule has 0 spiro atoms. The minimum absolute atomic E-state index is 0.00557. The van der Waals surface area contributed by atoms with E-state index in [0.717, 1.165) is 18.7 Å². The van der Waals surface area contributed by atoms with Crippen LogP contribution in [0.5, 0.6) is 0 Å². The van der Waals surface area contributed by atoms with Gasteiger partial charge in [-0.3, -0.25) is 4.79 Å². The highest BCUT2D eigenvalue weighted by molar-refractivity contribution is 7.07. The smallest absolute Gasteiger partial charge is 0.161 e. The molecule has 0 aliphatic carbocycles. The molecule has 2 rings (SSSR count). The van der Waals surface area contributed by atoms with Crippen LogP contribution in [0.3, 0.4) is 0 Å². The second-order valence-electron chi connectivity index (χ2n) is 4.17. The van der Waals surface area contributed by atoms with Crippen molar-refractivity contribution in [3.05, 3.63) is 46.2 Å². The zero-order valence-electron chi connectivity index (χ0n) is 10.3. The summed E-state index contributed by atoms with van der Waals surface area (Å²) in [4.78, 5) is 11.4. The van der Waals surface area contributed by atoms with E-state index in [0.29, 0.717) is 11.3 Å². The largest absolute Gasteiger partial charge is 0.398 e. The molecular weight excluding hydrogens is 244 g/mol. The Bertz CT molecular complexity index is 535. The van der Waals surface area contributed by atoms with Crippen LogP contribution in [-0.2, 0) is 6.42 Å². The Labute approximate surface area is 111 Å². The van der Waals surface area contributed by atoms with Gasteiger partial charge in [-0.2, -0.15) is 11.3 Å². The molecular formula is C14H16N2OS. The van der Waals surface area contributed by atoms with Gasteiger partial charge in [-0.25, -0.2) is 0 Å². The van der Waals surface area contributed by atoms with Crippen molar-refractivity contribution in [1.82, 2.24) is 0 Å². The van der Waals surface area contributed by atoms with E-state index in [9.17, 15) is 4.79 Å². The van der Waals surface area contributed by atoms with Gasteiger partial charge in [0.1, 0.15) is 0 Å². The Morgan fingerprint density at radius 2 is 2.22 bits per heavy atom. The lowest BCUT2D eigenvalue weighted by Crippen LogP contribution is -2.06. The summed E-state index contributed by atoms with van der Waals surface area (Å²) in [6.45, 7) is 2.37. The number of thiophene rings is 1. The van der Waals surface area contributed by atoms with Crippen molar-refractivity contribution in [2.45, 2.75) is 13.3 Å². The van der Waals surface area contributed by atoms with Crippen LogP contribution >= 0.6 is 11.3 Å². The van der Waals surface area contributed by atoms with E-state index < -0.39 is 0 Å². The van der Waals surface area contributed by atoms with Gasteiger partial charge in [0.05, 0.1) is 0 Å². The van der Waals surface area contributed by atoms with Crippen LogP contribution in [0.25, 0.3) is 0 Å². The Morgan fingerprint density at radius 3 is 2.89 bits per heavy atom. The lowest BCUT2D eigenvalue weighted by atomic mass is 10.1. The van der Waals surface area contributed by atoms with Crippen LogP contribution in [0.2, 0.25) is 0 Å². The molecule has 0 unspecified atom stereocenters. The molecule has 0 amide bonds. The van der Waals surface area contributed by atoms with Crippen LogP contribution in [0.1, 0.15) is 22.8 Å². The topological polar surface area (TPSA) is 55.1 Å². The number of hydrogen-bond donors (Lipinski definition) is 2. The first-order valence-electron chi connectivity index (χ1n) is 5.82. The van der Waals surface area contributed by atoms with Crippen LogP contribution < -0.4 is 11.1 Å². The van der Waals surface area contributed by atoms with Crippen molar-refractivity contribution in [3.63, 3.8) is 0 Å². The molecule has 18 heavy (non-hydrogen) atoms. The highest BCUT2D eigenvalue weighted by atomic mass is 32.1. The number of nitrogens with one attached hydrogen (secondary N) is 1. The molecule has 0 atom stereocenters. The summed E-state index contributed by atoms with van der Waals surface area (Å²) in [5, 5.41) is 7.52. The van der Waals surface area contributed by atoms with Gasteiger partial charge in [-0.15, -0.1) is 0 Å². The fourth-order valence-corrected chi connectivity index (χ4v) is 2.46. The van der Waals surface area contributed by atoms with Crippen molar-refractivity contribution in [3.8, 4) is 0 Å². The fourth-order valence-electron chi connectivity index (χ4n) is 1.76. The zero-order chi connectivity index (χ0) is 13.0. The lowest BCUT2D eigenvalue weighted by molar-refractivity contribution is 0.101. The third-order valence-corrected chi connectivity index (χ3v) is 3.49. The van der Waals surface area contributed by atoms with E-state index in [1.807, 2.05) is 12.1 Å². The second kappa shape index (κ2) is 5.69. The second-order valence-corrected chi connectivity index (χ2v) is 4.95. The Kier molecular flexibility index (Phi) is 3.99. The molecule has 3 N–H and O–H groups in total. The number of carbonyl (C=O) groups excluding carboxylic acids is 1. The van der Waals surface area contributed by atoms with E-state index in [1.165, 1.54) is 12.5 Å². The molecule has 0 aliphatic rings. The summed E-state index contributed by atoms with van der Waals surface area (Å²) in [5.41, 5.74) is 9.12. The molecule has 4 heteroatoms. The molecule has 0 fully saturated rings. The monoisotopic (exact) mass is 260 g/mol. The minimum atomic E-state index is -0.00557. The third kappa shape index (κ3) is 3.11. The lowest BCUT2D eigenvalue weighted by Gasteiger charge is -2.08. The first-order valence-corrected chi connectivity index (χ1v) is 6.76. The van der Waals surface area contributed by atoms with E-state index in [4.69, 9.17) is 5.73 Å². The summed E-state index contributed by atoms with van der Waals surface area (Å²) < 4.78 is 0. The van der Waals surface area contributed by atoms with E-state index >= 15 is 0 Å². The molecule has 94 valence electrons. The van der Waals surface area contributed by atoms with E-state index in [2.05, 4.69) is 22.1 Å². The van der Waals surface area contributed by atoms with Crippen LogP contribution in [0.4, 0.5) is 11.4 Å². The van der Waals surface area contributed by atoms with E-state index in [1.54, 1.807) is 17.4 Å². The number of anilines is 2. The summed E-state index contributed by atoms with van der Waals surface area (Å²) in [5.74, 6) is -0.00557. The first kappa shape index (κ1) is 12.6. The minimum Gasteiger partial charge on any atom is -0.398 e. The van der Waals surface area contributed by atoms with Gasteiger partial charge in [0.2, 0.25) is 0 Å². The summed E-state index contributed by atoms with van der Waals surface area (Å²) in [7, 11) is 0. The van der Waals surface area contributed by atoms with Gasteiger partial charge < -0.3 is 11.1 Å². The number of rotatable bonds is 5. The van der Waals surface area contributed by atoms with Gasteiger partial charge >= 0.3 is 0 Å². The average molecular weight is 260 g/mol. The van der Waals surface area contributed by atoms with Gasteiger partial charge in [-0.05, 0) is 53.9 Å². The normalized spacial score (nSPS) is 10.3. The number of Topliss-reactive ketones (excluding diaryl/α,β-unsaturated/α-hetero) is 1. The van der Waals surface area contributed by atoms with Crippen molar-refractivity contribution >= 4 is 28.5 Å². The zero-order valence-corrected chi connectivity index (χ0v) is 11.1.